The molecule has 1 aliphatic rings. The molecule has 1 unspecified atom stereocenters. The monoisotopic (exact) mass is 306 g/mol. The van der Waals surface area contributed by atoms with Crippen LogP contribution in [0.4, 0.5) is 5.69 Å². The maximum Gasteiger partial charge on any atom is 0.142 e. The molecule has 4 heteroatoms. The predicted molar refractivity (Wildman–Crippen MR) is 91.1 cm³/mol. The van der Waals surface area contributed by atoms with Gasteiger partial charge in [0.1, 0.15) is 5.75 Å². The fourth-order valence-corrected chi connectivity index (χ4v) is 2.82. The lowest BCUT2D eigenvalue weighted by Crippen LogP contribution is -2.31. The van der Waals surface area contributed by atoms with Gasteiger partial charge in [0.25, 0.3) is 0 Å². The molecule has 3 N–H and O–H groups in total. The van der Waals surface area contributed by atoms with Crippen molar-refractivity contribution in [3.63, 3.8) is 0 Å². The number of hydrogen-bond acceptors (Lipinski definition) is 4. The highest BCUT2D eigenvalue weighted by Gasteiger charge is 2.14. The zero-order valence-electron chi connectivity index (χ0n) is 13.9. The molecule has 1 aliphatic heterocycles. The van der Waals surface area contributed by atoms with Crippen molar-refractivity contribution < 1.29 is 9.84 Å². The summed E-state index contributed by atoms with van der Waals surface area (Å²) in [6, 6.07) is 5.64. The van der Waals surface area contributed by atoms with E-state index in [2.05, 4.69) is 18.7 Å². The van der Waals surface area contributed by atoms with Gasteiger partial charge in [-0.15, -0.1) is 0 Å². The van der Waals surface area contributed by atoms with Crippen LogP contribution in [0.3, 0.4) is 0 Å². The number of likely N-dealkylation sites (tertiary alicyclic amines) is 1. The Morgan fingerprint density at radius 2 is 1.95 bits per heavy atom. The van der Waals surface area contributed by atoms with Gasteiger partial charge in [-0.3, -0.25) is 0 Å². The third kappa shape index (κ3) is 5.18. The van der Waals surface area contributed by atoms with E-state index in [0.717, 1.165) is 31.6 Å². The van der Waals surface area contributed by atoms with Crippen molar-refractivity contribution in [2.75, 3.05) is 32.0 Å². The number of rotatable bonds is 7. The Morgan fingerprint density at radius 1 is 1.23 bits per heavy atom. The van der Waals surface area contributed by atoms with E-state index in [-0.39, 0.29) is 0 Å². The SMILES string of the molecule is CC(C)COc1ccc(C(O)CCN2CCCCC2)cc1N. The molecule has 124 valence electrons. The van der Waals surface area contributed by atoms with Crippen LogP contribution in [-0.4, -0.2) is 36.2 Å². The zero-order chi connectivity index (χ0) is 15.9. The van der Waals surface area contributed by atoms with Crippen molar-refractivity contribution in [1.82, 2.24) is 4.90 Å². The second-order valence-corrected chi connectivity index (χ2v) is 6.71. The average Bonchev–Trinajstić information content (AvgIpc) is 2.52. The lowest BCUT2D eigenvalue weighted by molar-refractivity contribution is 0.134. The zero-order valence-corrected chi connectivity index (χ0v) is 13.9. The quantitative estimate of drug-likeness (QED) is 0.759. The van der Waals surface area contributed by atoms with Crippen molar-refractivity contribution >= 4 is 5.69 Å². The van der Waals surface area contributed by atoms with Gasteiger partial charge in [0.15, 0.2) is 0 Å². The van der Waals surface area contributed by atoms with Gasteiger partial charge in [-0.1, -0.05) is 26.3 Å². The maximum atomic E-state index is 10.4. The molecule has 0 aliphatic carbocycles. The highest BCUT2D eigenvalue weighted by Crippen LogP contribution is 2.27. The fraction of sp³-hybridized carbons (Fsp3) is 0.667. The Balaban J connectivity index is 1.86. The van der Waals surface area contributed by atoms with Crippen molar-refractivity contribution in [2.24, 2.45) is 5.92 Å². The third-order valence-corrected chi connectivity index (χ3v) is 4.16. The van der Waals surface area contributed by atoms with E-state index in [0.29, 0.717) is 24.0 Å². The number of aliphatic hydroxyl groups is 1. The first kappa shape index (κ1) is 17.1. The number of anilines is 1. The number of nitrogens with two attached hydrogens (primary N) is 1. The number of nitrogens with zero attached hydrogens (tertiary/aromatic N) is 1. The number of nitrogen functional groups attached to an aromatic ring is 1. The van der Waals surface area contributed by atoms with Gasteiger partial charge in [-0.05, 0) is 56.0 Å². The maximum absolute atomic E-state index is 10.4. The fourth-order valence-electron chi connectivity index (χ4n) is 2.82. The third-order valence-electron chi connectivity index (χ3n) is 4.16. The van der Waals surface area contributed by atoms with E-state index in [4.69, 9.17) is 10.5 Å². The summed E-state index contributed by atoms with van der Waals surface area (Å²) in [7, 11) is 0. The highest BCUT2D eigenvalue weighted by molar-refractivity contribution is 5.54. The van der Waals surface area contributed by atoms with Crippen LogP contribution < -0.4 is 10.5 Å². The Bertz CT molecular complexity index is 456. The molecule has 1 fully saturated rings. The van der Waals surface area contributed by atoms with E-state index in [9.17, 15) is 5.11 Å². The lowest BCUT2D eigenvalue weighted by atomic mass is 10.0. The molecule has 1 saturated heterocycles. The van der Waals surface area contributed by atoms with Gasteiger partial charge in [0.2, 0.25) is 0 Å². The molecule has 1 heterocycles. The first-order chi connectivity index (χ1) is 10.6. The number of ether oxygens (including phenoxy) is 1. The molecule has 0 aromatic heterocycles. The normalized spacial score (nSPS) is 17.6. The molecule has 0 amide bonds. The summed E-state index contributed by atoms with van der Waals surface area (Å²) < 4.78 is 5.67. The molecule has 0 bridgehead atoms. The Kier molecular flexibility index (Phi) is 6.52. The number of aliphatic hydroxyl groups excluding tert-OH is 1. The summed E-state index contributed by atoms with van der Waals surface area (Å²) >= 11 is 0. The van der Waals surface area contributed by atoms with Crippen LogP contribution >= 0.6 is 0 Å². The smallest absolute Gasteiger partial charge is 0.142 e. The summed E-state index contributed by atoms with van der Waals surface area (Å²) in [6.45, 7) is 8.14. The minimum Gasteiger partial charge on any atom is -0.491 e. The summed E-state index contributed by atoms with van der Waals surface area (Å²) in [4.78, 5) is 2.44. The number of hydrogen-bond donors (Lipinski definition) is 2. The van der Waals surface area contributed by atoms with E-state index in [1.165, 1.54) is 19.3 Å². The molecule has 4 nitrogen and oxygen atoms in total. The number of piperidine rings is 1. The molecule has 0 spiro atoms. The Hall–Kier alpha value is -1.26. The standard InChI is InChI=1S/C18H30N2O2/c1-14(2)13-22-18-7-6-15(12-16(18)19)17(21)8-11-20-9-4-3-5-10-20/h6-7,12,14,17,21H,3-5,8-11,13,19H2,1-2H3. The largest absolute Gasteiger partial charge is 0.491 e. The van der Waals surface area contributed by atoms with Crippen LogP contribution in [0.1, 0.15) is 51.2 Å². The van der Waals surface area contributed by atoms with E-state index in [1.54, 1.807) is 0 Å². The van der Waals surface area contributed by atoms with Gasteiger partial charge in [-0.25, -0.2) is 0 Å². The minimum absolute atomic E-state index is 0.455. The van der Waals surface area contributed by atoms with Gasteiger partial charge >= 0.3 is 0 Å². The lowest BCUT2D eigenvalue weighted by Gasteiger charge is -2.27. The van der Waals surface area contributed by atoms with Crippen molar-refractivity contribution in [2.45, 2.75) is 45.6 Å². The molecule has 1 aromatic rings. The van der Waals surface area contributed by atoms with Crippen LogP contribution in [0.5, 0.6) is 5.75 Å². The molecule has 1 atom stereocenters. The van der Waals surface area contributed by atoms with E-state index < -0.39 is 6.10 Å². The predicted octanol–water partition coefficient (Wildman–Crippen LogP) is 3.21. The number of benzene rings is 1. The second-order valence-electron chi connectivity index (χ2n) is 6.71. The van der Waals surface area contributed by atoms with Crippen LogP contribution in [-0.2, 0) is 0 Å². The average molecular weight is 306 g/mol. The summed E-state index contributed by atoms with van der Waals surface area (Å²) in [6.07, 6.45) is 4.21. The second kappa shape index (κ2) is 8.39. The van der Waals surface area contributed by atoms with E-state index >= 15 is 0 Å². The first-order valence-corrected chi connectivity index (χ1v) is 8.49. The Labute approximate surface area is 134 Å². The van der Waals surface area contributed by atoms with Crippen LogP contribution in [0.15, 0.2) is 18.2 Å². The molecule has 1 aromatic carbocycles. The first-order valence-electron chi connectivity index (χ1n) is 8.49. The summed E-state index contributed by atoms with van der Waals surface area (Å²) in [5, 5.41) is 10.4. The minimum atomic E-state index is -0.455. The van der Waals surface area contributed by atoms with Gasteiger partial charge < -0.3 is 20.5 Å². The highest BCUT2D eigenvalue weighted by atomic mass is 16.5. The topological polar surface area (TPSA) is 58.7 Å². The molecule has 22 heavy (non-hydrogen) atoms. The van der Waals surface area contributed by atoms with Gasteiger partial charge in [-0.2, -0.15) is 0 Å². The molecular weight excluding hydrogens is 276 g/mol. The summed E-state index contributed by atoms with van der Waals surface area (Å²) in [5.74, 6) is 1.18. The van der Waals surface area contributed by atoms with Gasteiger partial charge in [0.05, 0.1) is 18.4 Å². The summed E-state index contributed by atoms with van der Waals surface area (Å²) in [5.41, 5.74) is 7.53. The molecular formula is C18H30N2O2. The van der Waals surface area contributed by atoms with Crippen LogP contribution in [0.25, 0.3) is 0 Å². The van der Waals surface area contributed by atoms with Crippen LogP contribution in [0, 0.1) is 5.92 Å². The molecule has 2 rings (SSSR count). The molecule has 0 radical (unpaired) electrons. The molecule has 0 saturated carbocycles. The van der Waals surface area contributed by atoms with Crippen LogP contribution in [0.2, 0.25) is 0 Å². The van der Waals surface area contributed by atoms with E-state index in [1.807, 2.05) is 18.2 Å². The Morgan fingerprint density at radius 3 is 2.59 bits per heavy atom. The van der Waals surface area contributed by atoms with Crippen molar-refractivity contribution in [3.8, 4) is 5.75 Å². The van der Waals surface area contributed by atoms with Crippen molar-refractivity contribution in [1.29, 1.82) is 0 Å². The van der Waals surface area contributed by atoms with Gasteiger partial charge in [0, 0.05) is 6.54 Å². The van der Waals surface area contributed by atoms with Crippen molar-refractivity contribution in [3.05, 3.63) is 23.8 Å².